The van der Waals surface area contributed by atoms with Gasteiger partial charge in [0, 0.05) is 4.91 Å². The van der Waals surface area contributed by atoms with Crippen LogP contribution in [0, 0.1) is 5.92 Å². The van der Waals surface area contributed by atoms with Crippen molar-refractivity contribution in [1.82, 2.24) is 0 Å². The van der Waals surface area contributed by atoms with Gasteiger partial charge < -0.3 is 4.55 Å². The van der Waals surface area contributed by atoms with E-state index in [0.29, 0.717) is 17.2 Å². The number of hydrogen-bond donors (Lipinski definition) is 1. The molecule has 2 nitrogen and oxygen atoms in total. The Hall–Kier alpha value is -0.410. The molecular formula is C7H10O2S. The summed E-state index contributed by atoms with van der Waals surface area (Å²) in [5, 5.41) is 0. The third-order valence-electron chi connectivity index (χ3n) is 1.47. The van der Waals surface area contributed by atoms with Gasteiger partial charge in [-0.1, -0.05) is 19.1 Å². The molecule has 2 atom stereocenters. The molecule has 0 bridgehead atoms. The Labute approximate surface area is 62.9 Å². The van der Waals surface area contributed by atoms with Crippen molar-refractivity contribution in [2.45, 2.75) is 13.3 Å². The molecule has 0 saturated carbocycles. The average molecular weight is 158 g/mol. The first-order chi connectivity index (χ1) is 4.70. The minimum atomic E-state index is -1.76. The quantitative estimate of drug-likeness (QED) is 0.589. The molecule has 0 radical (unpaired) electrons. The minimum absolute atomic E-state index is 0.399. The lowest BCUT2D eigenvalue weighted by Gasteiger charge is -2.10. The first-order valence-electron chi connectivity index (χ1n) is 3.18. The smallest absolute Gasteiger partial charge is 0.182 e. The maximum Gasteiger partial charge on any atom is 0.182 e. The number of allylic oxidation sites excluding steroid dienone is 4. The molecule has 0 aromatic rings. The van der Waals surface area contributed by atoms with Crippen LogP contribution in [0.2, 0.25) is 0 Å². The van der Waals surface area contributed by atoms with Crippen LogP contribution in [0.4, 0.5) is 0 Å². The zero-order chi connectivity index (χ0) is 7.56. The monoisotopic (exact) mass is 158 g/mol. The first-order valence-corrected chi connectivity index (χ1v) is 4.29. The highest BCUT2D eigenvalue weighted by atomic mass is 32.2. The van der Waals surface area contributed by atoms with E-state index in [2.05, 4.69) is 0 Å². The van der Waals surface area contributed by atoms with Gasteiger partial charge in [0.25, 0.3) is 0 Å². The molecule has 0 aliphatic heterocycles. The van der Waals surface area contributed by atoms with Crippen molar-refractivity contribution >= 4 is 11.1 Å². The largest absolute Gasteiger partial charge is 0.302 e. The van der Waals surface area contributed by atoms with Crippen molar-refractivity contribution in [3.63, 3.8) is 0 Å². The Bertz CT molecular complexity index is 206. The summed E-state index contributed by atoms with van der Waals surface area (Å²) in [6.45, 7) is 2.02. The second kappa shape index (κ2) is 3.12. The standard InChI is InChI=1S/C7H10O2S/c1-6-3-2-4-7(5-6)10(8)9/h2-4,6H,5H2,1H3,(H,8,9). The predicted octanol–water partition coefficient (Wildman–Crippen LogP) is 1.69. The van der Waals surface area contributed by atoms with Crippen LogP contribution >= 0.6 is 0 Å². The fourth-order valence-electron chi connectivity index (χ4n) is 0.935. The molecule has 0 fully saturated rings. The van der Waals surface area contributed by atoms with Gasteiger partial charge in [0.05, 0.1) is 0 Å². The van der Waals surface area contributed by atoms with Gasteiger partial charge in [-0.3, -0.25) is 0 Å². The van der Waals surface area contributed by atoms with Crippen molar-refractivity contribution < 1.29 is 8.76 Å². The maximum atomic E-state index is 10.5. The lowest BCUT2D eigenvalue weighted by molar-refractivity contribution is 0.565. The molecule has 0 heterocycles. The predicted molar refractivity (Wildman–Crippen MR) is 41.8 cm³/mol. The van der Waals surface area contributed by atoms with Crippen LogP contribution in [0.3, 0.4) is 0 Å². The van der Waals surface area contributed by atoms with E-state index in [1.807, 2.05) is 19.1 Å². The lowest BCUT2D eigenvalue weighted by Crippen LogP contribution is -2.01. The second-order valence-corrected chi connectivity index (χ2v) is 3.47. The summed E-state index contributed by atoms with van der Waals surface area (Å²) in [6.07, 6.45) is 6.27. The highest BCUT2D eigenvalue weighted by Gasteiger charge is 2.10. The van der Waals surface area contributed by atoms with Crippen molar-refractivity contribution in [2.75, 3.05) is 0 Å². The number of hydrogen-bond acceptors (Lipinski definition) is 1. The van der Waals surface area contributed by atoms with E-state index in [4.69, 9.17) is 4.55 Å². The zero-order valence-electron chi connectivity index (χ0n) is 5.78. The summed E-state index contributed by atoms with van der Waals surface area (Å²) >= 11 is -1.76. The van der Waals surface area contributed by atoms with Crippen LogP contribution in [0.5, 0.6) is 0 Å². The first kappa shape index (κ1) is 7.69. The fraction of sp³-hybridized carbons (Fsp3) is 0.429. The minimum Gasteiger partial charge on any atom is -0.302 e. The molecule has 2 unspecified atom stereocenters. The molecule has 0 saturated heterocycles. The Kier molecular flexibility index (Phi) is 2.40. The van der Waals surface area contributed by atoms with Gasteiger partial charge in [-0.2, -0.15) is 0 Å². The Morgan fingerprint density at radius 3 is 2.90 bits per heavy atom. The van der Waals surface area contributed by atoms with Gasteiger partial charge in [0.1, 0.15) is 0 Å². The topological polar surface area (TPSA) is 37.3 Å². The van der Waals surface area contributed by atoms with Gasteiger partial charge in [-0.15, -0.1) is 0 Å². The molecule has 1 aliphatic carbocycles. The van der Waals surface area contributed by atoms with Gasteiger partial charge in [-0.05, 0) is 18.4 Å². The lowest BCUT2D eigenvalue weighted by atomic mass is 10.0. The molecule has 56 valence electrons. The zero-order valence-corrected chi connectivity index (χ0v) is 6.60. The van der Waals surface area contributed by atoms with E-state index < -0.39 is 11.1 Å². The molecule has 0 amide bonds. The van der Waals surface area contributed by atoms with E-state index in [1.165, 1.54) is 0 Å². The maximum absolute atomic E-state index is 10.5. The summed E-state index contributed by atoms with van der Waals surface area (Å²) in [7, 11) is 0. The van der Waals surface area contributed by atoms with Crippen LogP contribution in [0.15, 0.2) is 23.1 Å². The molecule has 10 heavy (non-hydrogen) atoms. The molecule has 0 spiro atoms. The summed E-state index contributed by atoms with van der Waals surface area (Å²) in [4.78, 5) is 0.620. The summed E-state index contributed by atoms with van der Waals surface area (Å²) in [5.41, 5.74) is 0. The van der Waals surface area contributed by atoms with E-state index in [1.54, 1.807) is 6.08 Å². The van der Waals surface area contributed by atoms with Crippen molar-refractivity contribution in [1.29, 1.82) is 0 Å². The molecule has 0 aromatic carbocycles. The molecular weight excluding hydrogens is 148 g/mol. The average Bonchev–Trinajstić information content (AvgIpc) is 1.88. The second-order valence-electron chi connectivity index (χ2n) is 2.45. The molecule has 3 heteroatoms. The third-order valence-corrected chi connectivity index (χ3v) is 2.22. The van der Waals surface area contributed by atoms with E-state index >= 15 is 0 Å². The summed E-state index contributed by atoms with van der Waals surface area (Å²) in [5.74, 6) is 0.399. The van der Waals surface area contributed by atoms with E-state index in [9.17, 15) is 4.21 Å². The molecule has 1 rings (SSSR count). The van der Waals surface area contributed by atoms with Crippen LogP contribution in [0.1, 0.15) is 13.3 Å². The molecule has 0 aromatic heterocycles. The van der Waals surface area contributed by atoms with E-state index in [-0.39, 0.29) is 0 Å². The van der Waals surface area contributed by atoms with E-state index in [0.717, 1.165) is 0 Å². The Morgan fingerprint density at radius 1 is 1.80 bits per heavy atom. The van der Waals surface area contributed by atoms with Gasteiger partial charge >= 0.3 is 0 Å². The van der Waals surface area contributed by atoms with Crippen molar-refractivity contribution in [3.05, 3.63) is 23.1 Å². The Balaban J connectivity index is 2.71. The molecule has 1 aliphatic rings. The van der Waals surface area contributed by atoms with Crippen LogP contribution < -0.4 is 0 Å². The van der Waals surface area contributed by atoms with Gasteiger partial charge in [0.2, 0.25) is 0 Å². The van der Waals surface area contributed by atoms with Crippen LogP contribution in [-0.2, 0) is 11.1 Å². The highest BCUT2D eigenvalue weighted by molar-refractivity contribution is 7.83. The third kappa shape index (κ3) is 1.78. The SMILES string of the molecule is CC1C=CC=C(S(=O)O)C1. The summed E-state index contributed by atoms with van der Waals surface area (Å²) in [6, 6.07) is 0. The van der Waals surface area contributed by atoms with Crippen molar-refractivity contribution in [3.8, 4) is 0 Å². The van der Waals surface area contributed by atoms with Gasteiger partial charge in [0.15, 0.2) is 11.1 Å². The van der Waals surface area contributed by atoms with Crippen molar-refractivity contribution in [2.24, 2.45) is 5.92 Å². The summed E-state index contributed by atoms with van der Waals surface area (Å²) < 4.78 is 19.2. The Morgan fingerprint density at radius 2 is 2.50 bits per heavy atom. The number of rotatable bonds is 1. The molecule has 1 N–H and O–H groups in total. The van der Waals surface area contributed by atoms with Crippen LogP contribution in [0.25, 0.3) is 0 Å². The van der Waals surface area contributed by atoms with Crippen LogP contribution in [-0.4, -0.2) is 8.76 Å². The fourth-order valence-corrected chi connectivity index (χ4v) is 1.54. The van der Waals surface area contributed by atoms with Gasteiger partial charge in [-0.25, -0.2) is 4.21 Å². The normalized spacial score (nSPS) is 27.8. The highest BCUT2D eigenvalue weighted by Crippen LogP contribution is 2.19.